The molecule has 0 aliphatic heterocycles. The van der Waals surface area contributed by atoms with E-state index in [2.05, 4.69) is 41.8 Å². The van der Waals surface area contributed by atoms with Crippen LogP contribution in [0.1, 0.15) is 5.56 Å². The summed E-state index contributed by atoms with van der Waals surface area (Å²) in [5.41, 5.74) is 1.56. The summed E-state index contributed by atoms with van der Waals surface area (Å²) in [5.74, 6) is -0.292. The van der Waals surface area contributed by atoms with Crippen molar-refractivity contribution in [2.45, 2.75) is 10.3 Å². The highest BCUT2D eigenvalue weighted by atomic mass is 79.9. The number of hydrogen-bond acceptors (Lipinski definition) is 2. The summed E-state index contributed by atoms with van der Waals surface area (Å²) in [6.07, 6.45) is 3.56. The monoisotopic (exact) mass is 417 g/mol. The quantitative estimate of drug-likeness (QED) is 0.567. The zero-order chi connectivity index (χ0) is 14.5. The molecule has 0 atom stereocenters. The van der Waals surface area contributed by atoms with Gasteiger partial charge in [-0.15, -0.1) is 0 Å². The fourth-order valence-electron chi connectivity index (χ4n) is 1.56. The van der Waals surface area contributed by atoms with E-state index in [0.717, 1.165) is 5.56 Å². The Labute approximate surface area is 137 Å². The van der Waals surface area contributed by atoms with Crippen LogP contribution < -0.4 is 5.49 Å². The minimum atomic E-state index is -0.485. The van der Waals surface area contributed by atoms with Crippen molar-refractivity contribution in [3.8, 4) is 0 Å². The molecule has 2 aromatic heterocycles. The number of pyridine rings is 2. The maximum atomic E-state index is 11.7. The molecule has 104 valence electrons. The summed E-state index contributed by atoms with van der Waals surface area (Å²) in [6, 6.07) is 9.12. The lowest BCUT2D eigenvalue weighted by Crippen LogP contribution is -2.23. The Hall–Kier alpha value is -0.980. The lowest BCUT2D eigenvalue weighted by atomic mass is 10.3. The number of rotatable bonds is 3. The summed E-state index contributed by atoms with van der Waals surface area (Å²) in [4.78, 5) is 19.7. The van der Waals surface area contributed by atoms with E-state index in [9.17, 15) is 4.79 Å². The Morgan fingerprint density at radius 3 is 2.80 bits per heavy atom. The van der Waals surface area contributed by atoms with Crippen LogP contribution in [0.3, 0.4) is 0 Å². The van der Waals surface area contributed by atoms with Gasteiger partial charge in [-0.2, -0.15) is 4.99 Å². The molecule has 2 heterocycles. The molecule has 20 heavy (non-hydrogen) atoms. The van der Waals surface area contributed by atoms with Crippen LogP contribution >= 0.6 is 43.5 Å². The lowest BCUT2D eigenvalue weighted by Gasteiger charge is -2.07. The van der Waals surface area contributed by atoms with Gasteiger partial charge in [-0.3, -0.25) is 4.79 Å². The van der Waals surface area contributed by atoms with Crippen molar-refractivity contribution >= 4 is 49.4 Å². The van der Waals surface area contributed by atoms with Crippen LogP contribution in [0.2, 0.25) is 5.15 Å². The van der Waals surface area contributed by atoms with E-state index < -0.39 is 3.74 Å². The Morgan fingerprint density at radius 1 is 1.35 bits per heavy atom. The van der Waals surface area contributed by atoms with Gasteiger partial charge in [-0.25, -0.2) is 4.98 Å². The maximum Gasteiger partial charge on any atom is 0.272 e. The van der Waals surface area contributed by atoms with Gasteiger partial charge in [-0.1, -0.05) is 55.6 Å². The van der Waals surface area contributed by atoms with Gasteiger partial charge in [0.25, 0.3) is 5.91 Å². The fourth-order valence-corrected chi connectivity index (χ4v) is 1.88. The molecule has 0 fully saturated rings. The van der Waals surface area contributed by atoms with Gasteiger partial charge in [0, 0.05) is 12.4 Å². The number of carbonyl (C=O) groups excluding carboxylic acids is 1. The van der Waals surface area contributed by atoms with Gasteiger partial charge in [0.2, 0.25) is 0 Å². The Morgan fingerprint density at radius 2 is 2.15 bits per heavy atom. The maximum absolute atomic E-state index is 11.7. The molecule has 2 aromatic rings. The molecule has 0 aliphatic carbocycles. The van der Waals surface area contributed by atoms with Crippen molar-refractivity contribution in [3.05, 3.63) is 58.9 Å². The van der Waals surface area contributed by atoms with Crippen molar-refractivity contribution in [2.75, 3.05) is 0 Å². The van der Waals surface area contributed by atoms with Crippen molar-refractivity contribution in [1.82, 2.24) is 9.55 Å². The number of aromatic nitrogens is 2. The number of halogens is 3. The van der Waals surface area contributed by atoms with E-state index in [4.69, 9.17) is 11.6 Å². The smallest absolute Gasteiger partial charge is 0.272 e. The van der Waals surface area contributed by atoms with E-state index in [1.54, 1.807) is 18.3 Å². The minimum Gasteiger partial charge on any atom is -0.328 e. The molecular weight excluding hydrogens is 409 g/mol. The first-order valence-electron chi connectivity index (χ1n) is 5.69. The van der Waals surface area contributed by atoms with Gasteiger partial charge in [0.05, 0.1) is 6.54 Å². The molecule has 0 unspecified atom stereocenters. The minimum absolute atomic E-state index is 0.292. The molecule has 0 spiro atoms. The predicted octanol–water partition coefficient (Wildman–Crippen LogP) is 3.13. The van der Waals surface area contributed by atoms with Crippen LogP contribution in [-0.2, 0) is 11.3 Å². The lowest BCUT2D eigenvalue weighted by molar-refractivity contribution is -0.116. The Balaban J connectivity index is 2.33. The SMILES string of the molecule is O=C(/N=c1\ccccn1Cc1ccc(Cl)nc1)C(Br)Br. The second kappa shape index (κ2) is 7.15. The van der Waals surface area contributed by atoms with Gasteiger partial charge in [-0.05, 0) is 23.8 Å². The number of carbonyl (C=O) groups is 1. The average molecular weight is 420 g/mol. The highest BCUT2D eigenvalue weighted by Crippen LogP contribution is 2.09. The molecule has 0 saturated heterocycles. The zero-order valence-electron chi connectivity index (χ0n) is 10.2. The van der Waals surface area contributed by atoms with E-state index in [1.165, 1.54) is 0 Å². The third-order valence-corrected chi connectivity index (χ3v) is 3.48. The van der Waals surface area contributed by atoms with Gasteiger partial charge in [0.15, 0.2) is 3.74 Å². The third kappa shape index (κ3) is 4.26. The number of amides is 1. The molecule has 0 bridgehead atoms. The second-order valence-corrected chi connectivity index (χ2v) is 7.37. The standard InChI is InChI=1S/C13H10Br2ClN3O/c14-12(15)13(20)18-11-3-1-2-6-19(11)8-9-4-5-10(16)17-7-9/h1-7,12H,8H2/b18-11+. The zero-order valence-corrected chi connectivity index (χ0v) is 14.1. The van der Waals surface area contributed by atoms with Crippen LogP contribution in [0.15, 0.2) is 47.7 Å². The molecule has 0 aromatic carbocycles. The van der Waals surface area contributed by atoms with Crippen LogP contribution in [-0.4, -0.2) is 19.2 Å². The Kier molecular flexibility index (Phi) is 5.51. The topological polar surface area (TPSA) is 47.2 Å². The highest BCUT2D eigenvalue weighted by Gasteiger charge is 2.08. The van der Waals surface area contributed by atoms with Gasteiger partial charge in [0.1, 0.15) is 10.6 Å². The van der Waals surface area contributed by atoms with E-state index in [0.29, 0.717) is 17.2 Å². The summed E-state index contributed by atoms with van der Waals surface area (Å²) in [7, 11) is 0. The van der Waals surface area contributed by atoms with Crippen LogP contribution in [0, 0.1) is 0 Å². The number of nitrogens with zero attached hydrogens (tertiary/aromatic N) is 3. The number of hydrogen-bond donors (Lipinski definition) is 0. The highest BCUT2D eigenvalue weighted by molar-refractivity contribution is 9.25. The van der Waals surface area contributed by atoms with Crippen molar-refractivity contribution in [2.24, 2.45) is 4.99 Å². The van der Waals surface area contributed by atoms with Gasteiger partial charge < -0.3 is 4.57 Å². The molecule has 7 heteroatoms. The van der Waals surface area contributed by atoms with E-state index >= 15 is 0 Å². The molecule has 0 N–H and O–H groups in total. The molecule has 0 aliphatic rings. The molecule has 0 saturated carbocycles. The van der Waals surface area contributed by atoms with Crippen molar-refractivity contribution in [3.63, 3.8) is 0 Å². The summed E-state index contributed by atoms with van der Waals surface area (Å²) >= 11 is 12.0. The van der Waals surface area contributed by atoms with E-state index in [1.807, 2.05) is 29.0 Å². The van der Waals surface area contributed by atoms with Crippen molar-refractivity contribution in [1.29, 1.82) is 0 Å². The summed E-state index contributed by atoms with van der Waals surface area (Å²) in [6.45, 7) is 0.562. The largest absolute Gasteiger partial charge is 0.328 e. The Bertz CT molecular complexity index is 668. The first-order chi connectivity index (χ1) is 9.56. The molecule has 2 rings (SSSR count). The van der Waals surface area contributed by atoms with Crippen LogP contribution in [0.4, 0.5) is 0 Å². The van der Waals surface area contributed by atoms with Crippen LogP contribution in [0.25, 0.3) is 0 Å². The first kappa shape index (κ1) is 15.4. The summed E-state index contributed by atoms with van der Waals surface area (Å²) < 4.78 is 1.38. The van der Waals surface area contributed by atoms with E-state index in [-0.39, 0.29) is 5.91 Å². The summed E-state index contributed by atoms with van der Waals surface area (Å²) in [5, 5.41) is 0.452. The first-order valence-corrected chi connectivity index (χ1v) is 7.90. The molecule has 4 nitrogen and oxygen atoms in total. The third-order valence-electron chi connectivity index (χ3n) is 2.47. The molecule has 1 amide bonds. The predicted molar refractivity (Wildman–Crippen MR) is 85.0 cm³/mol. The normalized spacial score (nSPS) is 11.9. The number of alkyl halides is 2. The van der Waals surface area contributed by atoms with Gasteiger partial charge >= 0.3 is 0 Å². The molecule has 0 radical (unpaired) electrons. The fraction of sp³-hybridized carbons (Fsp3) is 0.154. The average Bonchev–Trinajstić information content (AvgIpc) is 2.43. The second-order valence-electron chi connectivity index (χ2n) is 3.93. The van der Waals surface area contributed by atoms with Crippen molar-refractivity contribution < 1.29 is 4.79 Å². The van der Waals surface area contributed by atoms with Crippen LogP contribution in [0.5, 0.6) is 0 Å². The molecular formula is C13H10Br2ClN3O.